The minimum atomic E-state index is -0.685. The molecule has 0 aliphatic carbocycles. The number of ketones is 1. The largest absolute Gasteiger partial charge is 0.503 e. The van der Waals surface area contributed by atoms with Crippen LogP contribution >= 0.6 is 27.3 Å². The molecule has 8 heteroatoms. The van der Waals surface area contributed by atoms with Crippen molar-refractivity contribution in [2.45, 2.75) is 19.4 Å². The van der Waals surface area contributed by atoms with Crippen LogP contribution in [0.25, 0.3) is 21.9 Å². The SMILES string of the molecule is Cc1ccsc1C1C(C(=O)c2cc3cc(Br)ccc3o2)=C(O)C(=O)N1CCc1c[nH]c2ccccc12. The highest BCUT2D eigenvalue weighted by molar-refractivity contribution is 9.10. The number of carbonyl (C=O) groups excluding carboxylic acids is 2. The van der Waals surface area contributed by atoms with Crippen molar-refractivity contribution < 1.29 is 19.1 Å². The first-order chi connectivity index (χ1) is 17.4. The Kier molecular flexibility index (Phi) is 5.58. The van der Waals surface area contributed by atoms with Gasteiger partial charge in [0.1, 0.15) is 11.6 Å². The molecule has 1 unspecified atom stereocenters. The lowest BCUT2D eigenvalue weighted by atomic mass is 9.98. The second kappa shape index (κ2) is 8.80. The Morgan fingerprint density at radius 2 is 2.03 bits per heavy atom. The highest BCUT2D eigenvalue weighted by atomic mass is 79.9. The number of carbonyl (C=O) groups is 2. The van der Waals surface area contributed by atoms with Crippen molar-refractivity contribution in [2.75, 3.05) is 6.54 Å². The maximum atomic E-state index is 13.7. The first-order valence-electron chi connectivity index (χ1n) is 11.5. The standard InChI is InChI=1S/C28H21BrN2O4S/c1-15-9-11-36-27(15)24-23(25(32)22-13-17-12-18(29)6-7-21(17)35-22)26(33)28(34)31(24)10-8-16-14-30-20-5-3-2-4-19(16)20/h2-7,9,11-14,24,30,33H,8,10H2,1H3. The summed E-state index contributed by atoms with van der Waals surface area (Å²) in [5.74, 6) is -1.45. The molecule has 0 fully saturated rings. The summed E-state index contributed by atoms with van der Waals surface area (Å²) >= 11 is 4.90. The first kappa shape index (κ1) is 22.8. The minimum Gasteiger partial charge on any atom is -0.503 e. The van der Waals surface area contributed by atoms with Crippen molar-refractivity contribution in [1.29, 1.82) is 0 Å². The van der Waals surface area contributed by atoms with Gasteiger partial charge >= 0.3 is 0 Å². The number of nitrogens with zero attached hydrogens (tertiary/aromatic N) is 1. The molecule has 0 saturated carbocycles. The van der Waals surface area contributed by atoms with Crippen molar-refractivity contribution in [3.8, 4) is 0 Å². The quantitative estimate of drug-likeness (QED) is 0.222. The predicted molar refractivity (Wildman–Crippen MR) is 143 cm³/mol. The number of Topliss-reactive ketones (excluding diaryl/α,β-unsaturated/α-hetero) is 1. The lowest BCUT2D eigenvalue weighted by Crippen LogP contribution is -2.33. The van der Waals surface area contributed by atoms with Gasteiger partial charge in [-0.3, -0.25) is 9.59 Å². The number of aryl methyl sites for hydroxylation is 1. The Labute approximate surface area is 219 Å². The van der Waals surface area contributed by atoms with Gasteiger partial charge < -0.3 is 19.4 Å². The van der Waals surface area contributed by atoms with Gasteiger partial charge in [0.2, 0.25) is 5.78 Å². The van der Waals surface area contributed by atoms with E-state index in [9.17, 15) is 14.7 Å². The van der Waals surface area contributed by atoms with E-state index in [2.05, 4.69) is 20.9 Å². The average molecular weight is 561 g/mol. The number of aliphatic hydroxyl groups excluding tert-OH is 1. The number of thiophene rings is 1. The van der Waals surface area contributed by atoms with E-state index < -0.39 is 23.5 Å². The Morgan fingerprint density at radius 1 is 1.19 bits per heavy atom. The highest BCUT2D eigenvalue weighted by Crippen LogP contribution is 2.43. The molecule has 5 aromatic rings. The predicted octanol–water partition coefficient (Wildman–Crippen LogP) is 6.87. The van der Waals surface area contributed by atoms with E-state index in [1.807, 2.05) is 61.0 Å². The fourth-order valence-corrected chi connectivity index (χ4v) is 6.32. The van der Waals surface area contributed by atoms with Gasteiger partial charge in [-0.1, -0.05) is 34.1 Å². The Morgan fingerprint density at radius 3 is 2.83 bits per heavy atom. The molecule has 0 spiro atoms. The molecule has 1 atom stereocenters. The number of amides is 1. The number of hydrogen-bond acceptors (Lipinski definition) is 5. The Hall–Kier alpha value is -3.62. The molecule has 1 aliphatic heterocycles. The molecule has 6 rings (SSSR count). The first-order valence-corrected chi connectivity index (χ1v) is 13.2. The van der Waals surface area contributed by atoms with Gasteiger partial charge in [0.25, 0.3) is 5.91 Å². The number of para-hydroxylation sites is 1. The van der Waals surface area contributed by atoms with Crippen molar-refractivity contribution in [1.82, 2.24) is 9.88 Å². The van der Waals surface area contributed by atoms with Crippen LogP contribution in [0, 0.1) is 6.92 Å². The number of fused-ring (bicyclic) bond motifs is 2. The number of H-pyrrole nitrogens is 1. The maximum absolute atomic E-state index is 13.7. The third-order valence-electron chi connectivity index (χ3n) is 6.70. The van der Waals surface area contributed by atoms with E-state index in [4.69, 9.17) is 4.42 Å². The lowest BCUT2D eigenvalue weighted by Gasteiger charge is -2.26. The summed E-state index contributed by atoms with van der Waals surface area (Å²) in [5, 5.41) is 14.8. The maximum Gasteiger partial charge on any atom is 0.290 e. The minimum absolute atomic E-state index is 0.0580. The Bertz CT molecular complexity index is 1690. The molecule has 2 N–H and O–H groups in total. The van der Waals surface area contributed by atoms with Crippen LogP contribution in [0.15, 0.2) is 86.4 Å². The summed E-state index contributed by atoms with van der Waals surface area (Å²) < 4.78 is 6.70. The van der Waals surface area contributed by atoms with E-state index in [1.54, 1.807) is 17.0 Å². The molecule has 0 bridgehead atoms. The van der Waals surface area contributed by atoms with E-state index in [-0.39, 0.29) is 11.3 Å². The smallest absolute Gasteiger partial charge is 0.290 e. The molecule has 0 saturated heterocycles. The van der Waals surface area contributed by atoms with Gasteiger partial charge in [-0.05, 0) is 66.2 Å². The van der Waals surface area contributed by atoms with Crippen LogP contribution in [0.2, 0.25) is 0 Å². The molecule has 36 heavy (non-hydrogen) atoms. The van der Waals surface area contributed by atoms with E-state index >= 15 is 0 Å². The van der Waals surface area contributed by atoms with Crippen molar-refractivity contribution in [3.63, 3.8) is 0 Å². The fraction of sp³-hybridized carbons (Fsp3) is 0.143. The van der Waals surface area contributed by atoms with Gasteiger partial charge in [-0.25, -0.2) is 0 Å². The number of hydrogen-bond donors (Lipinski definition) is 2. The topological polar surface area (TPSA) is 86.5 Å². The number of aromatic nitrogens is 1. The molecular formula is C28H21BrN2O4S. The van der Waals surface area contributed by atoms with E-state index in [1.165, 1.54) is 11.3 Å². The third kappa shape index (κ3) is 3.68. The van der Waals surface area contributed by atoms with Gasteiger partial charge in [0, 0.05) is 38.4 Å². The van der Waals surface area contributed by atoms with Gasteiger partial charge in [-0.2, -0.15) is 0 Å². The van der Waals surface area contributed by atoms with Crippen LogP contribution in [-0.4, -0.2) is 33.2 Å². The van der Waals surface area contributed by atoms with Crippen LogP contribution < -0.4 is 0 Å². The summed E-state index contributed by atoms with van der Waals surface area (Å²) in [7, 11) is 0. The van der Waals surface area contributed by atoms with Crippen LogP contribution in [0.3, 0.4) is 0 Å². The van der Waals surface area contributed by atoms with E-state index in [0.29, 0.717) is 18.5 Å². The molecule has 0 radical (unpaired) electrons. The van der Waals surface area contributed by atoms with Gasteiger partial charge in [0.05, 0.1) is 5.57 Å². The zero-order chi connectivity index (χ0) is 25.0. The molecular weight excluding hydrogens is 540 g/mol. The normalized spacial score (nSPS) is 16.1. The van der Waals surface area contributed by atoms with E-state index in [0.717, 1.165) is 36.8 Å². The zero-order valence-corrected chi connectivity index (χ0v) is 21.7. The number of rotatable bonds is 6. The monoisotopic (exact) mass is 560 g/mol. The summed E-state index contributed by atoms with van der Waals surface area (Å²) in [6.07, 6.45) is 2.52. The summed E-state index contributed by atoms with van der Waals surface area (Å²) in [6, 6.07) is 16.4. The average Bonchev–Trinajstić information content (AvgIpc) is 3.64. The number of benzene rings is 2. The number of aromatic amines is 1. The van der Waals surface area contributed by atoms with Gasteiger partial charge in [0.15, 0.2) is 11.5 Å². The number of aliphatic hydroxyl groups is 1. The van der Waals surface area contributed by atoms with Crippen molar-refractivity contribution in [3.05, 3.63) is 104 Å². The molecule has 1 amide bonds. The molecule has 2 aromatic carbocycles. The van der Waals surface area contributed by atoms with Crippen molar-refractivity contribution in [2.24, 2.45) is 0 Å². The summed E-state index contributed by atoms with van der Waals surface area (Å²) in [5.41, 5.74) is 3.68. The Balaban J connectivity index is 1.38. The number of nitrogens with one attached hydrogen (secondary N) is 1. The summed E-state index contributed by atoms with van der Waals surface area (Å²) in [4.78, 5) is 32.8. The van der Waals surface area contributed by atoms with Gasteiger partial charge in [-0.15, -0.1) is 11.3 Å². The van der Waals surface area contributed by atoms with Crippen LogP contribution in [0.5, 0.6) is 0 Å². The molecule has 4 heterocycles. The highest BCUT2D eigenvalue weighted by Gasteiger charge is 2.45. The zero-order valence-electron chi connectivity index (χ0n) is 19.2. The fourth-order valence-electron chi connectivity index (χ4n) is 4.89. The molecule has 180 valence electrons. The second-order valence-electron chi connectivity index (χ2n) is 8.86. The van der Waals surface area contributed by atoms with Crippen molar-refractivity contribution >= 4 is 60.8 Å². The third-order valence-corrected chi connectivity index (χ3v) is 8.26. The van der Waals surface area contributed by atoms with Crippen LogP contribution in [0.1, 0.15) is 32.6 Å². The second-order valence-corrected chi connectivity index (χ2v) is 10.7. The van der Waals surface area contributed by atoms with Crippen LogP contribution in [-0.2, 0) is 11.2 Å². The number of halogens is 1. The molecule has 6 nitrogen and oxygen atoms in total. The summed E-state index contributed by atoms with van der Waals surface area (Å²) in [6.45, 7) is 2.29. The molecule has 1 aliphatic rings. The van der Waals surface area contributed by atoms with Crippen LogP contribution in [0.4, 0.5) is 0 Å². The number of furan rings is 1. The molecule has 3 aromatic heterocycles. The lowest BCUT2D eigenvalue weighted by molar-refractivity contribution is -0.129.